The second-order valence-corrected chi connectivity index (χ2v) is 6.67. The van der Waals surface area contributed by atoms with Gasteiger partial charge in [-0.1, -0.05) is 18.2 Å². The van der Waals surface area contributed by atoms with Gasteiger partial charge in [-0.15, -0.1) is 0 Å². The van der Waals surface area contributed by atoms with Crippen LogP contribution in [0, 0.1) is 11.7 Å². The minimum Gasteiger partial charge on any atom is -0.339 e. The van der Waals surface area contributed by atoms with Crippen molar-refractivity contribution in [1.29, 1.82) is 0 Å². The van der Waals surface area contributed by atoms with Crippen LogP contribution in [0.15, 0.2) is 48.5 Å². The topological polar surface area (TPSA) is 49.4 Å². The molecule has 0 aliphatic carbocycles. The maximum absolute atomic E-state index is 13.1. The minimum atomic E-state index is -0.393. The lowest BCUT2D eigenvalue weighted by Crippen LogP contribution is -2.40. The van der Waals surface area contributed by atoms with E-state index in [-0.39, 0.29) is 11.7 Å². The van der Waals surface area contributed by atoms with Gasteiger partial charge in [-0.3, -0.25) is 9.59 Å². The maximum atomic E-state index is 13.1. The lowest BCUT2D eigenvalue weighted by atomic mass is 9.94. The largest absolute Gasteiger partial charge is 0.339 e. The molecule has 1 saturated heterocycles. The van der Waals surface area contributed by atoms with E-state index in [2.05, 4.69) is 5.32 Å². The summed E-state index contributed by atoms with van der Waals surface area (Å²) in [6, 6.07) is 12.3. The molecule has 0 spiro atoms. The summed E-state index contributed by atoms with van der Waals surface area (Å²) in [5.41, 5.74) is 1.15. The fraction of sp³-hybridized carbons (Fsp3) is 0.333. The van der Waals surface area contributed by atoms with Crippen molar-refractivity contribution < 1.29 is 14.0 Å². The third-order valence-corrected chi connectivity index (χ3v) is 4.90. The van der Waals surface area contributed by atoms with Gasteiger partial charge in [-0.05, 0) is 62.7 Å². The standard InChI is InChI=1S/C21H23FN2O2/c1-23-14-15-10-12-24(13-11-15)21(26)19-5-3-2-4-18(19)20(25)16-6-8-17(22)9-7-16/h2-9,15,23H,10-14H2,1H3. The molecule has 1 N–H and O–H groups in total. The van der Waals surface area contributed by atoms with Gasteiger partial charge >= 0.3 is 0 Å². The zero-order valence-electron chi connectivity index (χ0n) is 14.9. The third kappa shape index (κ3) is 3.99. The minimum absolute atomic E-state index is 0.112. The summed E-state index contributed by atoms with van der Waals surface area (Å²) in [4.78, 5) is 27.6. The highest BCUT2D eigenvalue weighted by Gasteiger charge is 2.26. The number of ketones is 1. The average Bonchev–Trinajstić information content (AvgIpc) is 2.68. The zero-order chi connectivity index (χ0) is 18.5. The van der Waals surface area contributed by atoms with Crippen molar-refractivity contribution in [2.24, 2.45) is 5.92 Å². The Morgan fingerprint density at radius 1 is 1.04 bits per heavy atom. The Morgan fingerprint density at radius 3 is 2.27 bits per heavy atom. The molecule has 0 radical (unpaired) electrons. The number of rotatable bonds is 5. The van der Waals surface area contributed by atoms with E-state index in [1.807, 2.05) is 11.9 Å². The Morgan fingerprint density at radius 2 is 1.65 bits per heavy atom. The molecule has 1 aliphatic rings. The van der Waals surface area contributed by atoms with E-state index in [0.29, 0.717) is 35.7 Å². The van der Waals surface area contributed by atoms with Crippen molar-refractivity contribution in [2.45, 2.75) is 12.8 Å². The summed E-state index contributed by atoms with van der Waals surface area (Å²) in [6.45, 7) is 2.36. The van der Waals surface area contributed by atoms with Gasteiger partial charge in [0.25, 0.3) is 5.91 Å². The first kappa shape index (κ1) is 18.3. The highest BCUT2D eigenvalue weighted by atomic mass is 19.1. The molecular weight excluding hydrogens is 331 g/mol. The van der Waals surface area contributed by atoms with Crippen molar-refractivity contribution in [3.63, 3.8) is 0 Å². The van der Waals surface area contributed by atoms with Crippen LogP contribution in [0.3, 0.4) is 0 Å². The summed E-state index contributed by atoms with van der Waals surface area (Å²) in [6.07, 6.45) is 1.92. The fourth-order valence-electron chi connectivity index (χ4n) is 3.42. The van der Waals surface area contributed by atoms with Crippen LogP contribution in [-0.4, -0.2) is 43.3 Å². The summed E-state index contributed by atoms with van der Waals surface area (Å²) < 4.78 is 13.1. The number of hydrogen-bond acceptors (Lipinski definition) is 3. The Balaban J connectivity index is 1.80. The maximum Gasteiger partial charge on any atom is 0.254 e. The van der Waals surface area contributed by atoms with Crippen LogP contribution >= 0.6 is 0 Å². The first-order chi connectivity index (χ1) is 12.6. The van der Waals surface area contributed by atoms with Gasteiger partial charge in [0.1, 0.15) is 5.82 Å². The normalized spacial score (nSPS) is 15.1. The van der Waals surface area contributed by atoms with Gasteiger partial charge in [0.15, 0.2) is 5.78 Å². The number of amides is 1. The Bertz CT molecular complexity index is 781. The molecule has 0 saturated carbocycles. The Kier molecular flexibility index (Phi) is 5.78. The van der Waals surface area contributed by atoms with Gasteiger partial charge in [0, 0.05) is 24.2 Å². The van der Waals surface area contributed by atoms with E-state index >= 15 is 0 Å². The predicted molar refractivity (Wildman–Crippen MR) is 98.8 cm³/mol. The molecule has 1 aliphatic heterocycles. The number of nitrogens with one attached hydrogen (secondary N) is 1. The van der Waals surface area contributed by atoms with Crippen LogP contribution < -0.4 is 5.32 Å². The number of piperidine rings is 1. The summed E-state index contributed by atoms with van der Waals surface area (Å²) in [5.74, 6) is -0.187. The number of likely N-dealkylation sites (tertiary alicyclic amines) is 1. The third-order valence-electron chi connectivity index (χ3n) is 4.90. The lowest BCUT2D eigenvalue weighted by molar-refractivity contribution is 0.0687. The molecule has 4 nitrogen and oxygen atoms in total. The highest BCUT2D eigenvalue weighted by molar-refractivity contribution is 6.15. The quantitative estimate of drug-likeness (QED) is 0.840. The van der Waals surface area contributed by atoms with Crippen molar-refractivity contribution in [1.82, 2.24) is 10.2 Å². The van der Waals surface area contributed by atoms with Crippen LogP contribution in [0.4, 0.5) is 4.39 Å². The number of carbonyl (C=O) groups excluding carboxylic acids is 2. The van der Waals surface area contributed by atoms with Gasteiger partial charge in [0.05, 0.1) is 5.56 Å². The number of carbonyl (C=O) groups is 2. The number of halogens is 1. The van der Waals surface area contributed by atoms with Crippen molar-refractivity contribution in [2.75, 3.05) is 26.7 Å². The lowest BCUT2D eigenvalue weighted by Gasteiger charge is -2.32. The second-order valence-electron chi connectivity index (χ2n) is 6.67. The van der Waals surface area contributed by atoms with Crippen LogP contribution in [0.5, 0.6) is 0 Å². The van der Waals surface area contributed by atoms with E-state index in [9.17, 15) is 14.0 Å². The molecule has 0 aromatic heterocycles. The Labute approximate surface area is 153 Å². The van der Waals surface area contributed by atoms with Crippen LogP contribution in [0.1, 0.15) is 39.1 Å². The van der Waals surface area contributed by atoms with Crippen LogP contribution in [-0.2, 0) is 0 Å². The van der Waals surface area contributed by atoms with Crippen molar-refractivity contribution in [3.05, 3.63) is 71.0 Å². The number of hydrogen-bond donors (Lipinski definition) is 1. The van der Waals surface area contributed by atoms with E-state index in [1.165, 1.54) is 24.3 Å². The number of nitrogens with zero attached hydrogens (tertiary/aromatic N) is 1. The van der Waals surface area contributed by atoms with E-state index in [1.54, 1.807) is 24.3 Å². The number of benzene rings is 2. The highest BCUT2D eigenvalue weighted by Crippen LogP contribution is 2.21. The average molecular weight is 354 g/mol. The van der Waals surface area contributed by atoms with Gasteiger partial charge in [-0.25, -0.2) is 4.39 Å². The molecule has 1 fully saturated rings. The summed E-state index contributed by atoms with van der Waals surface area (Å²) >= 11 is 0. The molecule has 2 aromatic rings. The summed E-state index contributed by atoms with van der Waals surface area (Å²) in [7, 11) is 1.94. The van der Waals surface area contributed by atoms with Crippen molar-refractivity contribution >= 4 is 11.7 Å². The zero-order valence-corrected chi connectivity index (χ0v) is 14.9. The molecule has 5 heteroatoms. The molecular formula is C21H23FN2O2. The summed E-state index contributed by atoms with van der Waals surface area (Å²) in [5, 5.41) is 3.18. The molecule has 26 heavy (non-hydrogen) atoms. The van der Waals surface area contributed by atoms with Gasteiger partial charge in [0.2, 0.25) is 0 Å². The monoisotopic (exact) mass is 354 g/mol. The fourth-order valence-corrected chi connectivity index (χ4v) is 3.42. The molecule has 2 aromatic carbocycles. The first-order valence-corrected chi connectivity index (χ1v) is 8.93. The molecule has 1 heterocycles. The molecule has 136 valence electrons. The predicted octanol–water partition coefficient (Wildman–Crippen LogP) is 3.13. The molecule has 1 amide bonds. The molecule has 0 unspecified atom stereocenters. The molecule has 0 bridgehead atoms. The molecule has 0 atom stereocenters. The van der Waals surface area contributed by atoms with Crippen molar-refractivity contribution in [3.8, 4) is 0 Å². The van der Waals surface area contributed by atoms with E-state index < -0.39 is 5.82 Å². The van der Waals surface area contributed by atoms with Crippen LogP contribution in [0.2, 0.25) is 0 Å². The second kappa shape index (κ2) is 8.23. The van der Waals surface area contributed by atoms with E-state index in [0.717, 1.165) is 19.4 Å². The van der Waals surface area contributed by atoms with E-state index in [4.69, 9.17) is 0 Å². The van der Waals surface area contributed by atoms with Gasteiger partial charge in [-0.2, -0.15) is 0 Å². The first-order valence-electron chi connectivity index (χ1n) is 8.93. The van der Waals surface area contributed by atoms with Gasteiger partial charge < -0.3 is 10.2 Å². The molecule has 3 rings (SSSR count). The van der Waals surface area contributed by atoms with Crippen LogP contribution in [0.25, 0.3) is 0 Å². The Hall–Kier alpha value is -2.53. The SMILES string of the molecule is CNCC1CCN(C(=O)c2ccccc2C(=O)c2ccc(F)cc2)CC1. The smallest absolute Gasteiger partial charge is 0.254 e.